The van der Waals surface area contributed by atoms with E-state index in [4.69, 9.17) is 9.97 Å². The van der Waals surface area contributed by atoms with Crippen molar-refractivity contribution in [2.24, 2.45) is 0 Å². The van der Waals surface area contributed by atoms with Gasteiger partial charge in [-0.25, -0.2) is 9.97 Å². The Balaban J connectivity index is 0.00000323. The van der Waals surface area contributed by atoms with Crippen molar-refractivity contribution in [3.05, 3.63) is 73.4 Å². The summed E-state index contributed by atoms with van der Waals surface area (Å²) < 4.78 is 2.10. The molecule has 0 bridgehead atoms. The fourth-order valence-electron chi connectivity index (χ4n) is 5.27. The molecule has 0 saturated carbocycles. The second kappa shape index (κ2) is 11.9. The number of likely N-dealkylation sites (N-methyl/N-ethyl adjacent to an activating group) is 1. The van der Waals surface area contributed by atoms with Gasteiger partial charge in [0.05, 0.1) is 12.2 Å². The minimum Gasteiger partial charge on any atom is -0.369 e. The van der Waals surface area contributed by atoms with Gasteiger partial charge >= 0.3 is 0 Å². The average molecular weight is 560 g/mol. The van der Waals surface area contributed by atoms with E-state index in [0.717, 1.165) is 49.6 Å². The van der Waals surface area contributed by atoms with E-state index < -0.39 is 0 Å². The van der Waals surface area contributed by atoms with Gasteiger partial charge in [-0.2, -0.15) is 4.98 Å². The molecule has 1 amide bonds. The second-order valence-electron chi connectivity index (χ2n) is 10.1. The quantitative estimate of drug-likeness (QED) is 0.321. The molecule has 4 aromatic rings. The lowest BCUT2D eigenvalue weighted by Gasteiger charge is -2.34. The number of para-hydroxylation sites is 1. The van der Waals surface area contributed by atoms with Crippen LogP contribution < -0.4 is 15.5 Å². The molecule has 2 aromatic heterocycles. The van der Waals surface area contributed by atoms with E-state index in [9.17, 15) is 4.79 Å². The summed E-state index contributed by atoms with van der Waals surface area (Å²) in [6, 6.07) is 18.4. The molecule has 208 valence electrons. The van der Waals surface area contributed by atoms with Gasteiger partial charge in [-0.15, -0.1) is 12.4 Å². The summed E-state index contributed by atoms with van der Waals surface area (Å²) in [6.45, 7) is 9.09. The summed E-state index contributed by atoms with van der Waals surface area (Å²) in [7, 11) is 2.16. The molecule has 11 heteroatoms. The zero-order valence-corrected chi connectivity index (χ0v) is 23.3. The van der Waals surface area contributed by atoms with E-state index in [-0.39, 0.29) is 24.4 Å². The predicted octanol–water partition coefficient (Wildman–Crippen LogP) is 4.45. The summed E-state index contributed by atoms with van der Waals surface area (Å²) in [5, 5.41) is 6.80. The Morgan fingerprint density at radius 3 is 2.40 bits per heavy atom. The van der Waals surface area contributed by atoms with Gasteiger partial charge in [0.1, 0.15) is 5.52 Å². The fourth-order valence-corrected chi connectivity index (χ4v) is 5.27. The molecular weight excluding hydrogens is 526 g/mol. The Labute approximate surface area is 240 Å². The summed E-state index contributed by atoms with van der Waals surface area (Å²) >= 11 is 0. The Bertz CT molecular complexity index is 1470. The van der Waals surface area contributed by atoms with Crippen LogP contribution in [0, 0.1) is 0 Å². The molecule has 0 unspecified atom stereocenters. The van der Waals surface area contributed by atoms with Crippen LogP contribution in [0.5, 0.6) is 0 Å². The van der Waals surface area contributed by atoms with Crippen molar-refractivity contribution in [2.75, 3.05) is 61.8 Å². The number of hydrogen-bond acceptors (Lipinski definition) is 8. The van der Waals surface area contributed by atoms with Crippen molar-refractivity contribution in [2.45, 2.75) is 12.5 Å². The third-order valence-corrected chi connectivity index (χ3v) is 7.47. The van der Waals surface area contributed by atoms with E-state index in [1.165, 1.54) is 11.8 Å². The van der Waals surface area contributed by atoms with Crippen LogP contribution in [-0.2, 0) is 4.79 Å². The highest BCUT2D eigenvalue weighted by molar-refractivity contribution is 5.87. The van der Waals surface area contributed by atoms with Crippen molar-refractivity contribution < 1.29 is 4.79 Å². The third kappa shape index (κ3) is 5.73. The lowest BCUT2D eigenvalue weighted by molar-refractivity contribution is -0.125. The molecular formula is C29H34ClN9O. The monoisotopic (exact) mass is 559 g/mol. The number of hydrogen-bond donors (Lipinski definition) is 2. The minimum absolute atomic E-state index is 0. The molecule has 2 fully saturated rings. The highest BCUT2D eigenvalue weighted by atomic mass is 35.5. The van der Waals surface area contributed by atoms with Crippen molar-refractivity contribution in [1.29, 1.82) is 0 Å². The number of nitrogens with zero attached hydrogens (tertiary/aromatic N) is 7. The number of amides is 1. The van der Waals surface area contributed by atoms with Gasteiger partial charge in [0.25, 0.3) is 0 Å². The normalized spacial score (nSPS) is 17.5. The number of fused-ring (bicyclic) bond motifs is 1. The molecule has 2 saturated heterocycles. The number of piperazine rings is 1. The maximum Gasteiger partial charge on any atom is 0.246 e. The van der Waals surface area contributed by atoms with Crippen LogP contribution in [0.3, 0.4) is 0 Å². The number of aromatic nitrogens is 4. The molecule has 4 heterocycles. The first-order valence-electron chi connectivity index (χ1n) is 13.4. The number of imidazole rings is 1. The number of benzene rings is 2. The maximum atomic E-state index is 12.3. The zero-order valence-electron chi connectivity index (χ0n) is 22.5. The smallest absolute Gasteiger partial charge is 0.246 e. The molecule has 10 nitrogen and oxygen atoms in total. The number of carbonyl (C=O) groups excluding carboxylic acids is 1. The molecule has 2 aliphatic rings. The minimum atomic E-state index is -0.0588. The SMILES string of the molecule is C=CC(=O)N1CC[C@H](n2c(Nc3ccccc3)nc3cnc(Nc4ccc(N5CCN(C)CC5)cc4)nc32)C1.Cl. The number of likely N-dealkylation sites (tertiary alicyclic amines) is 1. The first-order valence-corrected chi connectivity index (χ1v) is 13.4. The van der Waals surface area contributed by atoms with Gasteiger partial charge in [0.15, 0.2) is 5.65 Å². The number of rotatable bonds is 7. The zero-order chi connectivity index (χ0) is 26.8. The van der Waals surface area contributed by atoms with Crippen LogP contribution in [0.1, 0.15) is 12.5 Å². The van der Waals surface area contributed by atoms with E-state index in [0.29, 0.717) is 30.5 Å². The topological polar surface area (TPSA) is 94.4 Å². The third-order valence-electron chi connectivity index (χ3n) is 7.47. The number of halogens is 1. The van der Waals surface area contributed by atoms with Crippen LogP contribution in [-0.4, -0.2) is 81.5 Å². The second-order valence-corrected chi connectivity index (χ2v) is 10.1. The van der Waals surface area contributed by atoms with Gasteiger partial charge in [-0.1, -0.05) is 24.8 Å². The summed E-state index contributed by atoms with van der Waals surface area (Å²) in [5.74, 6) is 1.12. The number of nitrogens with one attached hydrogen (secondary N) is 2. The van der Waals surface area contributed by atoms with E-state index >= 15 is 0 Å². The number of carbonyl (C=O) groups is 1. The van der Waals surface area contributed by atoms with Crippen LogP contribution >= 0.6 is 12.4 Å². The summed E-state index contributed by atoms with van der Waals surface area (Å²) in [6.07, 6.45) is 3.92. The van der Waals surface area contributed by atoms with Gasteiger partial charge in [-0.05, 0) is 55.9 Å². The molecule has 40 heavy (non-hydrogen) atoms. The van der Waals surface area contributed by atoms with Gasteiger partial charge < -0.3 is 25.3 Å². The maximum absolute atomic E-state index is 12.3. The van der Waals surface area contributed by atoms with Gasteiger partial charge in [0.2, 0.25) is 17.8 Å². The fraction of sp³-hybridized carbons (Fsp3) is 0.310. The lowest BCUT2D eigenvalue weighted by atomic mass is 10.2. The van der Waals surface area contributed by atoms with E-state index in [2.05, 4.69) is 67.9 Å². The lowest BCUT2D eigenvalue weighted by Crippen LogP contribution is -2.44. The first-order chi connectivity index (χ1) is 19.1. The molecule has 6 rings (SSSR count). The largest absolute Gasteiger partial charge is 0.369 e. The molecule has 1 atom stereocenters. The molecule has 0 aliphatic carbocycles. The molecule has 0 radical (unpaired) electrons. The van der Waals surface area contributed by atoms with Crippen LogP contribution in [0.25, 0.3) is 11.2 Å². The highest BCUT2D eigenvalue weighted by Crippen LogP contribution is 2.32. The molecule has 2 N–H and O–H groups in total. The summed E-state index contributed by atoms with van der Waals surface area (Å²) in [5.41, 5.74) is 4.48. The molecule has 2 aliphatic heterocycles. The standard InChI is InChI=1S/C29H33N9O.ClH/c1-3-26(39)37-14-13-24(20-37)38-27-25(33-29(38)32-21-7-5-4-6-8-21)19-30-28(34-27)31-22-9-11-23(12-10-22)36-17-15-35(2)16-18-36;/h3-12,19,24H,1,13-18,20H2,2H3,(H,32,33)(H,30,31,34);1H/t24-;/m0./s1. The van der Waals surface area contributed by atoms with Gasteiger partial charge in [0, 0.05) is 56.3 Å². The Kier molecular flexibility index (Phi) is 8.18. The average Bonchev–Trinajstić information content (AvgIpc) is 3.58. The van der Waals surface area contributed by atoms with E-state index in [1.807, 2.05) is 35.2 Å². The first kappa shape index (κ1) is 27.4. The highest BCUT2D eigenvalue weighted by Gasteiger charge is 2.30. The van der Waals surface area contributed by atoms with Gasteiger partial charge in [-0.3, -0.25) is 9.36 Å². The van der Waals surface area contributed by atoms with Crippen molar-refractivity contribution in [1.82, 2.24) is 29.3 Å². The molecule has 2 aromatic carbocycles. The van der Waals surface area contributed by atoms with Crippen LogP contribution in [0.2, 0.25) is 0 Å². The Morgan fingerprint density at radius 1 is 0.950 bits per heavy atom. The number of anilines is 5. The van der Waals surface area contributed by atoms with E-state index in [1.54, 1.807) is 6.20 Å². The van der Waals surface area contributed by atoms with Crippen molar-refractivity contribution in [3.8, 4) is 0 Å². The Hall–Kier alpha value is -4.15. The summed E-state index contributed by atoms with van der Waals surface area (Å²) in [4.78, 5) is 33.1. The van der Waals surface area contributed by atoms with Crippen LogP contribution in [0.15, 0.2) is 73.4 Å². The van der Waals surface area contributed by atoms with Crippen molar-refractivity contribution in [3.63, 3.8) is 0 Å². The Morgan fingerprint density at radius 2 is 1.68 bits per heavy atom. The van der Waals surface area contributed by atoms with Crippen molar-refractivity contribution >= 4 is 58.4 Å². The van der Waals surface area contributed by atoms with Crippen LogP contribution in [0.4, 0.5) is 29.0 Å². The predicted molar refractivity (Wildman–Crippen MR) is 162 cm³/mol. The molecule has 0 spiro atoms.